The van der Waals surface area contributed by atoms with Gasteiger partial charge in [0.2, 0.25) is 10.0 Å². The second-order valence-electron chi connectivity index (χ2n) is 4.01. The van der Waals surface area contributed by atoms with Crippen LogP contribution >= 0.6 is 0 Å². The highest BCUT2D eigenvalue weighted by atomic mass is 32.2. The van der Waals surface area contributed by atoms with Crippen molar-refractivity contribution in [1.82, 2.24) is 4.72 Å². The van der Waals surface area contributed by atoms with Gasteiger partial charge in [-0.25, -0.2) is 13.1 Å². The number of Topliss-reactive ketones (excluding diaryl/α,β-unsaturated/α-hetero) is 1. The molecule has 0 spiro atoms. The van der Waals surface area contributed by atoms with E-state index in [2.05, 4.69) is 10.6 Å². The van der Waals surface area contributed by atoms with Crippen molar-refractivity contribution in [3.05, 3.63) is 29.8 Å². The molecule has 1 N–H and O–H groups in total. The van der Waals surface area contributed by atoms with Gasteiger partial charge < -0.3 is 0 Å². The maximum absolute atomic E-state index is 11.9. The molecule has 1 unspecified atom stereocenters. The molecule has 1 aromatic carbocycles. The summed E-state index contributed by atoms with van der Waals surface area (Å²) >= 11 is 0. The lowest BCUT2D eigenvalue weighted by molar-refractivity contribution is 0.101. The van der Waals surface area contributed by atoms with Gasteiger partial charge in [0.25, 0.3) is 0 Å². The zero-order valence-electron chi connectivity index (χ0n) is 10.3. The highest BCUT2D eigenvalue weighted by Crippen LogP contribution is 2.11. The lowest BCUT2D eigenvalue weighted by Gasteiger charge is -2.11. The zero-order chi connectivity index (χ0) is 13.8. The van der Waals surface area contributed by atoms with Gasteiger partial charge in [0.1, 0.15) is 0 Å². The number of terminal acetylenes is 1. The molecule has 0 fully saturated rings. The lowest BCUT2D eigenvalue weighted by Crippen LogP contribution is -2.32. The molecule has 0 amide bonds. The molecule has 1 rings (SSSR count). The number of hydrogen-bond donors (Lipinski definition) is 1. The van der Waals surface area contributed by atoms with E-state index in [0.717, 1.165) is 0 Å². The standard InChI is InChI=1S/C13H15NO3S/c1-4-5-10(2)14-18(16,17)13-8-6-12(7-9-13)11(3)15/h1,6-10,14H,5H2,2-3H3. The molecule has 1 atom stereocenters. The molecule has 0 aliphatic carbocycles. The minimum atomic E-state index is -3.58. The maximum Gasteiger partial charge on any atom is 0.240 e. The molecule has 0 heterocycles. The fraction of sp³-hybridized carbons (Fsp3) is 0.308. The van der Waals surface area contributed by atoms with Gasteiger partial charge in [-0.3, -0.25) is 4.79 Å². The Kier molecular flexibility index (Phi) is 4.65. The van der Waals surface area contributed by atoms with E-state index in [1.54, 1.807) is 6.92 Å². The van der Waals surface area contributed by atoms with Gasteiger partial charge in [0.05, 0.1) is 4.90 Å². The van der Waals surface area contributed by atoms with Crippen LogP contribution in [0.5, 0.6) is 0 Å². The highest BCUT2D eigenvalue weighted by Gasteiger charge is 2.16. The van der Waals surface area contributed by atoms with Crippen molar-refractivity contribution in [2.24, 2.45) is 0 Å². The minimum absolute atomic E-state index is 0.104. The van der Waals surface area contributed by atoms with Crippen molar-refractivity contribution in [2.75, 3.05) is 0 Å². The van der Waals surface area contributed by atoms with Crippen LogP contribution in [0, 0.1) is 12.3 Å². The quantitative estimate of drug-likeness (QED) is 0.649. The summed E-state index contributed by atoms with van der Waals surface area (Å²) in [4.78, 5) is 11.2. The fourth-order valence-electron chi connectivity index (χ4n) is 1.42. The van der Waals surface area contributed by atoms with Gasteiger partial charge in [0, 0.05) is 18.0 Å². The van der Waals surface area contributed by atoms with Crippen LogP contribution in [0.4, 0.5) is 0 Å². The molecule has 0 saturated carbocycles. The second kappa shape index (κ2) is 5.80. The largest absolute Gasteiger partial charge is 0.295 e. The summed E-state index contributed by atoms with van der Waals surface area (Å²) in [7, 11) is -3.58. The van der Waals surface area contributed by atoms with Gasteiger partial charge in [-0.1, -0.05) is 12.1 Å². The number of ketones is 1. The first-order valence-electron chi connectivity index (χ1n) is 5.43. The highest BCUT2D eigenvalue weighted by molar-refractivity contribution is 7.89. The van der Waals surface area contributed by atoms with Gasteiger partial charge in [-0.2, -0.15) is 0 Å². The average molecular weight is 265 g/mol. The lowest BCUT2D eigenvalue weighted by atomic mass is 10.2. The second-order valence-corrected chi connectivity index (χ2v) is 5.73. The first-order valence-corrected chi connectivity index (χ1v) is 6.92. The van der Waals surface area contributed by atoms with E-state index in [1.807, 2.05) is 0 Å². The monoisotopic (exact) mass is 265 g/mol. The summed E-state index contributed by atoms with van der Waals surface area (Å²) in [5.74, 6) is 2.29. The first kappa shape index (κ1) is 14.4. The maximum atomic E-state index is 11.9. The molecule has 0 radical (unpaired) electrons. The van der Waals surface area contributed by atoms with E-state index >= 15 is 0 Å². The van der Waals surface area contributed by atoms with Crippen molar-refractivity contribution in [2.45, 2.75) is 31.2 Å². The van der Waals surface area contributed by atoms with E-state index in [1.165, 1.54) is 31.2 Å². The van der Waals surface area contributed by atoms with Crippen LogP contribution in [0.15, 0.2) is 29.2 Å². The van der Waals surface area contributed by atoms with Gasteiger partial charge in [0.15, 0.2) is 5.78 Å². The summed E-state index contributed by atoms with van der Waals surface area (Å²) in [5.41, 5.74) is 0.477. The number of nitrogens with one attached hydrogen (secondary N) is 1. The zero-order valence-corrected chi connectivity index (χ0v) is 11.1. The third-order valence-corrected chi connectivity index (χ3v) is 3.96. The summed E-state index contributed by atoms with van der Waals surface area (Å²) in [6.07, 6.45) is 5.44. The molecule has 0 aliphatic rings. The molecule has 0 saturated heterocycles. The molecular formula is C13H15NO3S. The van der Waals surface area contributed by atoms with E-state index in [-0.39, 0.29) is 16.7 Å². The van der Waals surface area contributed by atoms with E-state index in [0.29, 0.717) is 12.0 Å². The number of rotatable bonds is 5. The Hall–Kier alpha value is -1.64. The van der Waals surface area contributed by atoms with Gasteiger partial charge in [-0.15, -0.1) is 12.3 Å². The van der Waals surface area contributed by atoms with Crippen molar-refractivity contribution in [3.63, 3.8) is 0 Å². The fourth-order valence-corrected chi connectivity index (χ4v) is 2.66. The predicted molar refractivity (Wildman–Crippen MR) is 69.7 cm³/mol. The summed E-state index contributed by atoms with van der Waals surface area (Å²) in [5, 5.41) is 0. The Morgan fingerprint density at radius 1 is 1.39 bits per heavy atom. The van der Waals surface area contributed by atoms with Gasteiger partial charge in [-0.05, 0) is 26.0 Å². The molecule has 0 aliphatic heterocycles. The van der Waals surface area contributed by atoms with Crippen LogP contribution in [0.2, 0.25) is 0 Å². The van der Waals surface area contributed by atoms with Crippen LogP contribution in [0.3, 0.4) is 0 Å². The average Bonchev–Trinajstić information content (AvgIpc) is 2.28. The van der Waals surface area contributed by atoms with Crippen LogP contribution in [0.25, 0.3) is 0 Å². The number of carbonyl (C=O) groups is 1. The molecule has 5 heteroatoms. The Labute approximate surface area is 107 Å². The molecule has 0 bridgehead atoms. The number of hydrogen-bond acceptors (Lipinski definition) is 3. The Balaban J connectivity index is 2.92. The van der Waals surface area contributed by atoms with Crippen LogP contribution in [-0.2, 0) is 10.0 Å². The van der Waals surface area contributed by atoms with E-state index in [9.17, 15) is 13.2 Å². The third kappa shape index (κ3) is 3.69. The van der Waals surface area contributed by atoms with Crippen molar-refractivity contribution in [1.29, 1.82) is 0 Å². The summed E-state index contributed by atoms with van der Waals surface area (Å²) in [6, 6.07) is 5.46. The van der Waals surface area contributed by atoms with Crippen molar-refractivity contribution in [3.8, 4) is 12.3 Å². The minimum Gasteiger partial charge on any atom is -0.295 e. The van der Waals surface area contributed by atoms with E-state index in [4.69, 9.17) is 6.42 Å². The predicted octanol–water partition coefficient (Wildman–Crippen LogP) is 1.58. The molecular weight excluding hydrogens is 250 g/mol. The smallest absolute Gasteiger partial charge is 0.240 e. The van der Waals surface area contributed by atoms with Crippen molar-refractivity contribution >= 4 is 15.8 Å². The van der Waals surface area contributed by atoms with Crippen LogP contribution < -0.4 is 4.72 Å². The van der Waals surface area contributed by atoms with Crippen molar-refractivity contribution < 1.29 is 13.2 Å². The molecule has 1 aromatic rings. The van der Waals surface area contributed by atoms with Crippen LogP contribution in [-0.4, -0.2) is 20.2 Å². The molecule has 96 valence electrons. The summed E-state index contributed by atoms with van der Waals surface area (Å²) in [6.45, 7) is 3.12. The Bertz CT molecular complexity index is 567. The Morgan fingerprint density at radius 3 is 2.39 bits per heavy atom. The first-order chi connectivity index (χ1) is 8.36. The SMILES string of the molecule is C#CCC(C)NS(=O)(=O)c1ccc(C(C)=O)cc1. The topological polar surface area (TPSA) is 63.2 Å². The number of sulfonamides is 1. The van der Waals surface area contributed by atoms with E-state index < -0.39 is 10.0 Å². The third-order valence-electron chi connectivity index (χ3n) is 2.35. The molecule has 4 nitrogen and oxygen atoms in total. The molecule has 0 aromatic heterocycles. The normalized spacial score (nSPS) is 12.7. The van der Waals surface area contributed by atoms with Crippen LogP contribution in [0.1, 0.15) is 30.6 Å². The molecule has 18 heavy (non-hydrogen) atoms. The summed E-state index contributed by atoms with van der Waals surface area (Å²) < 4.78 is 26.3. The Morgan fingerprint density at radius 2 is 1.94 bits per heavy atom. The van der Waals surface area contributed by atoms with Gasteiger partial charge >= 0.3 is 0 Å². The number of benzene rings is 1. The number of carbonyl (C=O) groups excluding carboxylic acids is 1.